The summed E-state index contributed by atoms with van der Waals surface area (Å²) in [6.07, 6.45) is 0. The molecule has 0 N–H and O–H groups in total. The van der Waals surface area contributed by atoms with Crippen LogP contribution >= 0.6 is 20.6 Å². The van der Waals surface area contributed by atoms with Gasteiger partial charge in [-0.3, -0.25) is 0 Å². The Hall–Kier alpha value is -1.19. The summed E-state index contributed by atoms with van der Waals surface area (Å²) < 4.78 is 6.18. The van der Waals surface area contributed by atoms with E-state index in [4.69, 9.17) is 4.18 Å². The van der Waals surface area contributed by atoms with Gasteiger partial charge >= 0.3 is 0 Å². The van der Waals surface area contributed by atoms with Crippen molar-refractivity contribution in [1.82, 2.24) is 0 Å². The van der Waals surface area contributed by atoms with Crippen LogP contribution in [0.25, 0.3) is 0 Å². The van der Waals surface area contributed by atoms with Gasteiger partial charge in [-0.1, -0.05) is 18.2 Å². The van der Waals surface area contributed by atoms with Crippen molar-refractivity contribution in [2.45, 2.75) is 25.7 Å². The minimum absolute atomic E-state index is 0.154. The highest BCUT2D eigenvalue weighted by Crippen LogP contribution is 2.56. The molecule has 2 aliphatic heterocycles. The Morgan fingerprint density at radius 3 is 2.68 bits per heavy atom. The molecule has 3 heteroatoms. The molecule has 96 valence electrons. The van der Waals surface area contributed by atoms with E-state index in [1.54, 1.807) is 0 Å². The Kier molecular flexibility index (Phi) is 2.39. The van der Waals surface area contributed by atoms with E-state index in [1.165, 1.54) is 37.6 Å². The summed E-state index contributed by atoms with van der Waals surface area (Å²) in [6, 6.07) is 10.8. The van der Waals surface area contributed by atoms with Gasteiger partial charge in [0.25, 0.3) is 0 Å². The van der Waals surface area contributed by atoms with Crippen LogP contribution in [0.15, 0.2) is 35.2 Å². The normalized spacial score (nSPS) is 18.9. The highest BCUT2D eigenvalue weighted by Gasteiger charge is 2.34. The quantitative estimate of drug-likeness (QED) is 0.509. The summed E-state index contributed by atoms with van der Waals surface area (Å²) in [5.41, 5.74) is 6.77. The lowest BCUT2D eigenvalue weighted by atomic mass is 9.93. The van der Waals surface area contributed by atoms with Gasteiger partial charge in [0, 0.05) is 16.0 Å². The van der Waals surface area contributed by atoms with Gasteiger partial charge in [-0.25, -0.2) is 0 Å². The van der Waals surface area contributed by atoms with E-state index >= 15 is 0 Å². The molecule has 2 aromatic carbocycles. The summed E-state index contributed by atoms with van der Waals surface area (Å²) in [4.78, 5) is 2.75. The van der Waals surface area contributed by atoms with Gasteiger partial charge in [-0.2, -0.15) is 0 Å². The van der Waals surface area contributed by atoms with Crippen LogP contribution in [-0.2, 0) is 0 Å². The van der Waals surface area contributed by atoms with Crippen molar-refractivity contribution in [1.29, 1.82) is 0 Å². The molecular formula is C16H14OS2. The summed E-state index contributed by atoms with van der Waals surface area (Å²) in [6.45, 7) is 6.58. The standard InChI is InChI=1S/C16H14OS2/c1-9-8-13-15(11(3)10(9)2)16-12-6-4-5-7-14(12)18-19(16)17-13/h4-8H,1-3H3. The fourth-order valence-corrected chi connectivity index (χ4v) is 6.60. The summed E-state index contributed by atoms with van der Waals surface area (Å²) in [5, 5.41) is 0. The third-order valence-corrected chi connectivity index (χ3v) is 7.45. The average Bonchev–Trinajstić information content (AvgIpc) is 2.91. The zero-order valence-electron chi connectivity index (χ0n) is 11.1. The Labute approximate surface area is 119 Å². The zero-order chi connectivity index (χ0) is 13.1. The SMILES string of the molecule is Cc1cc2c(c(C)c1C)C1=S(O2)Sc2ccccc21. The maximum absolute atomic E-state index is 6.18. The first-order valence-electron chi connectivity index (χ1n) is 6.35. The maximum atomic E-state index is 6.18. The molecule has 1 unspecified atom stereocenters. The van der Waals surface area contributed by atoms with Gasteiger partial charge in [0.15, 0.2) is 0 Å². The second-order valence-corrected chi connectivity index (χ2v) is 8.10. The molecule has 0 aliphatic carbocycles. The second-order valence-electron chi connectivity index (χ2n) is 5.04. The Balaban J connectivity index is 2.01. The van der Waals surface area contributed by atoms with Crippen molar-refractivity contribution in [3.05, 3.63) is 58.1 Å². The van der Waals surface area contributed by atoms with E-state index < -0.39 is 0 Å². The van der Waals surface area contributed by atoms with E-state index in [9.17, 15) is 0 Å². The Morgan fingerprint density at radius 1 is 1.05 bits per heavy atom. The molecule has 1 nitrogen and oxygen atoms in total. The van der Waals surface area contributed by atoms with Gasteiger partial charge in [0.1, 0.15) is 5.75 Å². The van der Waals surface area contributed by atoms with Crippen LogP contribution in [0.3, 0.4) is 0 Å². The van der Waals surface area contributed by atoms with Gasteiger partial charge in [-0.15, -0.1) is 0 Å². The summed E-state index contributed by atoms with van der Waals surface area (Å²) >= 11 is 0. The molecule has 0 bridgehead atoms. The molecule has 0 saturated carbocycles. The first-order chi connectivity index (χ1) is 9.16. The number of aryl methyl sites for hydroxylation is 1. The topological polar surface area (TPSA) is 9.23 Å². The largest absolute Gasteiger partial charge is 0.422 e. The van der Waals surface area contributed by atoms with Gasteiger partial charge in [0.2, 0.25) is 0 Å². The fourth-order valence-electron chi connectivity index (χ4n) is 2.69. The predicted molar refractivity (Wildman–Crippen MR) is 84.4 cm³/mol. The molecule has 0 spiro atoms. The molecule has 0 aromatic heterocycles. The van der Waals surface area contributed by atoms with Crippen LogP contribution in [0.1, 0.15) is 27.8 Å². The number of hydrogen-bond donors (Lipinski definition) is 0. The number of benzene rings is 2. The van der Waals surface area contributed by atoms with Gasteiger partial charge in [-0.05, 0) is 60.4 Å². The fraction of sp³-hybridized carbons (Fsp3) is 0.188. The molecular weight excluding hydrogens is 272 g/mol. The monoisotopic (exact) mass is 286 g/mol. The maximum Gasteiger partial charge on any atom is 0.146 e. The van der Waals surface area contributed by atoms with Gasteiger partial charge < -0.3 is 4.18 Å². The highest BCUT2D eigenvalue weighted by atomic mass is 33.1. The number of fused-ring (bicyclic) bond motifs is 4. The lowest BCUT2D eigenvalue weighted by molar-refractivity contribution is 0.656. The molecule has 0 amide bonds. The van der Waals surface area contributed by atoms with Crippen molar-refractivity contribution in [2.75, 3.05) is 0 Å². The molecule has 1 atom stereocenters. The first kappa shape index (κ1) is 11.6. The van der Waals surface area contributed by atoms with E-state index in [0.717, 1.165) is 5.75 Å². The summed E-state index contributed by atoms with van der Waals surface area (Å²) in [7, 11) is 1.70. The lowest BCUT2D eigenvalue weighted by Crippen LogP contribution is -2.03. The van der Waals surface area contributed by atoms with E-state index in [2.05, 4.69) is 51.1 Å². The first-order valence-corrected chi connectivity index (χ1v) is 8.83. The van der Waals surface area contributed by atoms with Crippen LogP contribution in [0.5, 0.6) is 5.75 Å². The van der Waals surface area contributed by atoms with Gasteiger partial charge in [0.05, 0.1) is 14.7 Å². The van der Waals surface area contributed by atoms with E-state index in [0.29, 0.717) is 0 Å². The molecule has 0 fully saturated rings. The Bertz CT molecular complexity index is 760. The van der Waals surface area contributed by atoms with E-state index in [-0.39, 0.29) is 9.80 Å². The summed E-state index contributed by atoms with van der Waals surface area (Å²) in [5.74, 6) is 1.07. The minimum atomic E-state index is -0.154. The number of hydrogen-bond acceptors (Lipinski definition) is 2. The predicted octanol–water partition coefficient (Wildman–Crippen LogP) is 4.78. The van der Waals surface area contributed by atoms with Crippen LogP contribution < -0.4 is 4.18 Å². The molecule has 4 rings (SSSR count). The molecule has 19 heavy (non-hydrogen) atoms. The lowest BCUT2D eigenvalue weighted by Gasteiger charge is -2.12. The van der Waals surface area contributed by atoms with Crippen molar-refractivity contribution in [3.8, 4) is 5.75 Å². The van der Waals surface area contributed by atoms with Crippen molar-refractivity contribution in [3.63, 3.8) is 0 Å². The van der Waals surface area contributed by atoms with Crippen LogP contribution in [0, 0.1) is 20.8 Å². The zero-order valence-corrected chi connectivity index (χ0v) is 12.7. The van der Waals surface area contributed by atoms with Crippen LogP contribution in [0.4, 0.5) is 0 Å². The average molecular weight is 286 g/mol. The second kappa shape index (κ2) is 3.90. The van der Waals surface area contributed by atoms with Crippen molar-refractivity contribution in [2.24, 2.45) is 0 Å². The smallest absolute Gasteiger partial charge is 0.146 e. The molecule has 0 radical (unpaired) electrons. The minimum Gasteiger partial charge on any atom is -0.422 e. The van der Waals surface area contributed by atoms with Crippen molar-refractivity contribution < 1.29 is 4.18 Å². The van der Waals surface area contributed by atoms with Crippen LogP contribution in [-0.4, -0.2) is 4.86 Å². The van der Waals surface area contributed by atoms with E-state index in [1.807, 2.05) is 10.8 Å². The molecule has 0 saturated heterocycles. The van der Waals surface area contributed by atoms with Crippen molar-refractivity contribution >= 4 is 25.5 Å². The molecule has 2 aliphatic rings. The van der Waals surface area contributed by atoms with Crippen LogP contribution in [0.2, 0.25) is 0 Å². The molecule has 2 heterocycles. The number of rotatable bonds is 0. The third-order valence-electron chi connectivity index (χ3n) is 3.98. The molecule has 2 aromatic rings. The highest BCUT2D eigenvalue weighted by molar-refractivity contribution is 8.83. The Morgan fingerprint density at radius 2 is 1.84 bits per heavy atom. The third kappa shape index (κ3) is 1.49.